The van der Waals surface area contributed by atoms with Crippen molar-refractivity contribution in [3.05, 3.63) is 12.2 Å². The fourth-order valence-corrected chi connectivity index (χ4v) is 2.22. The minimum Gasteiger partial charge on any atom is -0.463 e. The molecule has 1 aliphatic carbocycles. The fraction of sp³-hybridized carbons (Fsp3) is 0.769. The minimum atomic E-state index is -0.252. The number of ether oxygens (including phenoxy) is 1. The Morgan fingerprint density at radius 1 is 1.50 bits per heavy atom. The van der Waals surface area contributed by atoms with Crippen LogP contribution in [-0.4, -0.2) is 25.2 Å². The molecular weight excluding hydrogens is 202 g/mol. The van der Waals surface area contributed by atoms with Gasteiger partial charge < -0.3 is 10.1 Å². The van der Waals surface area contributed by atoms with Gasteiger partial charge in [-0.3, -0.25) is 0 Å². The van der Waals surface area contributed by atoms with Gasteiger partial charge in [0, 0.05) is 18.7 Å². The molecule has 0 radical (unpaired) electrons. The molecule has 0 aromatic heterocycles. The highest BCUT2D eigenvalue weighted by Gasteiger charge is 2.20. The molecule has 3 nitrogen and oxygen atoms in total. The number of esters is 1. The molecular formula is C13H23NO2. The Balaban J connectivity index is 2.11. The summed E-state index contributed by atoms with van der Waals surface area (Å²) in [6.45, 7) is 5.23. The second kappa shape index (κ2) is 7.44. The molecule has 0 aliphatic heterocycles. The number of hydrogen-bond donors (Lipinski definition) is 1. The summed E-state index contributed by atoms with van der Waals surface area (Å²) in [6, 6.07) is 0.550. The van der Waals surface area contributed by atoms with Crippen LogP contribution < -0.4 is 5.32 Å². The van der Waals surface area contributed by atoms with Crippen LogP contribution in [0.2, 0.25) is 0 Å². The van der Waals surface area contributed by atoms with Gasteiger partial charge in [-0.25, -0.2) is 4.79 Å². The zero-order valence-electron chi connectivity index (χ0n) is 10.4. The summed E-state index contributed by atoms with van der Waals surface area (Å²) >= 11 is 0. The van der Waals surface area contributed by atoms with E-state index in [1.54, 1.807) is 0 Å². The van der Waals surface area contributed by atoms with Gasteiger partial charge >= 0.3 is 5.97 Å². The van der Waals surface area contributed by atoms with E-state index in [1.165, 1.54) is 31.8 Å². The minimum absolute atomic E-state index is 0.252. The van der Waals surface area contributed by atoms with Gasteiger partial charge in [0.25, 0.3) is 0 Å². The lowest BCUT2D eigenvalue weighted by Crippen LogP contribution is -2.32. The highest BCUT2D eigenvalue weighted by atomic mass is 16.5. The second-order valence-electron chi connectivity index (χ2n) is 4.40. The molecule has 0 spiro atoms. The third-order valence-electron chi connectivity index (χ3n) is 3.21. The molecule has 1 N–H and O–H groups in total. The predicted octanol–water partition coefficient (Wildman–Crippen LogP) is 2.27. The molecule has 1 aliphatic rings. The average molecular weight is 225 g/mol. The third-order valence-corrected chi connectivity index (χ3v) is 3.21. The average Bonchev–Trinajstić information content (AvgIpc) is 2.78. The first kappa shape index (κ1) is 13.2. The van der Waals surface area contributed by atoms with Crippen LogP contribution in [-0.2, 0) is 9.53 Å². The number of rotatable bonds is 6. The summed E-state index contributed by atoms with van der Waals surface area (Å²) in [5.74, 6) is 0.564. The Bertz CT molecular complexity index is 232. The van der Waals surface area contributed by atoms with Crippen LogP contribution in [0.15, 0.2) is 12.2 Å². The van der Waals surface area contributed by atoms with Gasteiger partial charge in [-0.05, 0) is 32.6 Å². The highest BCUT2D eigenvalue weighted by molar-refractivity contribution is 5.81. The molecule has 1 fully saturated rings. The normalized spacial score (nSPS) is 19.1. The Morgan fingerprint density at radius 2 is 2.19 bits per heavy atom. The van der Waals surface area contributed by atoms with Crippen LogP contribution in [0.3, 0.4) is 0 Å². The van der Waals surface area contributed by atoms with E-state index >= 15 is 0 Å². The van der Waals surface area contributed by atoms with Crippen molar-refractivity contribution in [1.29, 1.82) is 0 Å². The number of carbonyl (C=O) groups is 1. The Kier molecular flexibility index (Phi) is 6.16. The van der Waals surface area contributed by atoms with Crippen LogP contribution in [0.1, 0.15) is 39.5 Å². The van der Waals surface area contributed by atoms with Crippen molar-refractivity contribution in [3.63, 3.8) is 0 Å². The van der Waals surface area contributed by atoms with Crippen molar-refractivity contribution in [2.75, 3.05) is 13.2 Å². The van der Waals surface area contributed by atoms with Crippen LogP contribution in [0.4, 0.5) is 0 Å². The van der Waals surface area contributed by atoms with Crippen molar-refractivity contribution in [2.45, 2.75) is 45.6 Å². The van der Waals surface area contributed by atoms with Gasteiger partial charge in [-0.1, -0.05) is 18.9 Å². The standard InChI is InChI=1S/C13H23NO2/c1-3-16-13(15)9-6-10-14-11(2)12-7-4-5-8-12/h6,9,11-12,14H,3-5,7-8,10H2,1-2H3/b9-6+. The molecule has 0 amide bonds. The third kappa shape index (κ3) is 4.79. The van der Waals surface area contributed by atoms with Crippen LogP contribution in [0, 0.1) is 5.92 Å². The predicted molar refractivity (Wildman–Crippen MR) is 65.2 cm³/mol. The lowest BCUT2D eigenvalue weighted by atomic mass is 10.00. The lowest BCUT2D eigenvalue weighted by Gasteiger charge is -2.19. The Morgan fingerprint density at radius 3 is 2.81 bits per heavy atom. The fourth-order valence-electron chi connectivity index (χ4n) is 2.22. The van der Waals surface area contributed by atoms with E-state index in [2.05, 4.69) is 12.2 Å². The number of carbonyl (C=O) groups excluding carboxylic acids is 1. The first-order valence-corrected chi connectivity index (χ1v) is 6.30. The monoisotopic (exact) mass is 225 g/mol. The molecule has 0 saturated heterocycles. The van der Waals surface area contributed by atoms with E-state index in [4.69, 9.17) is 4.74 Å². The molecule has 1 rings (SSSR count). The Hall–Kier alpha value is -0.830. The maximum absolute atomic E-state index is 11.0. The van der Waals surface area contributed by atoms with E-state index < -0.39 is 0 Å². The maximum atomic E-state index is 11.0. The summed E-state index contributed by atoms with van der Waals surface area (Å²) in [7, 11) is 0. The van der Waals surface area contributed by atoms with Crippen molar-refractivity contribution in [3.8, 4) is 0 Å². The molecule has 16 heavy (non-hydrogen) atoms. The summed E-state index contributed by atoms with van der Waals surface area (Å²) in [4.78, 5) is 11.0. The first-order valence-electron chi connectivity index (χ1n) is 6.30. The second-order valence-corrected chi connectivity index (χ2v) is 4.40. The van der Waals surface area contributed by atoms with Crippen LogP contribution in [0.25, 0.3) is 0 Å². The number of nitrogens with one attached hydrogen (secondary N) is 1. The molecule has 0 bridgehead atoms. The highest BCUT2D eigenvalue weighted by Crippen LogP contribution is 2.27. The summed E-state index contributed by atoms with van der Waals surface area (Å²) in [5.41, 5.74) is 0. The van der Waals surface area contributed by atoms with Gasteiger partial charge in [0.2, 0.25) is 0 Å². The number of hydrogen-bond acceptors (Lipinski definition) is 3. The SMILES string of the molecule is CCOC(=O)/C=C/CNC(C)C1CCCC1. The zero-order valence-corrected chi connectivity index (χ0v) is 10.4. The van der Waals surface area contributed by atoms with Gasteiger partial charge in [-0.15, -0.1) is 0 Å². The van der Waals surface area contributed by atoms with E-state index in [0.717, 1.165) is 12.5 Å². The van der Waals surface area contributed by atoms with Crippen molar-refractivity contribution >= 4 is 5.97 Å². The smallest absolute Gasteiger partial charge is 0.330 e. The Labute approximate surface area is 98.2 Å². The molecule has 1 atom stereocenters. The first-order chi connectivity index (χ1) is 7.74. The lowest BCUT2D eigenvalue weighted by molar-refractivity contribution is -0.137. The van der Waals surface area contributed by atoms with Gasteiger partial charge in [0.1, 0.15) is 0 Å². The quantitative estimate of drug-likeness (QED) is 0.556. The summed E-state index contributed by atoms with van der Waals surface area (Å²) < 4.78 is 4.80. The van der Waals surface area contributed by atoms with E-state index in [9.17, 15) is 4.79 Å². The van der Waals surface area contributed by atoms with Crippen molar-refractivity contribution < 1.29 is 9.53 Å². The molecule has 1 saturated carbocycles. The van der Waals surface area contributed by atoms with E-state index in [1.807, 2.05) is 13.0 Å². The molecule has 1 unspecified atom stereocenters. The molecule has 3 heteroatoms. The van der Waals surface area contributed by atoms with Crippen LogP contribution in [0.5, 0.6) is 0 Å². The van der Waals surface area contributed by atoms with Crippen LogP contribution >= 0.6 is 0 Å². The van der Waals surface area contributed by atoms with E-state index in [-0.39, 0.29) is 5.97 Å². The summed E-state index contributed by atoms with van der Waals surface area (Å²) in [6.07, 6.45) is 8.76. The van der Waals surface area contributed by atoms with Crippen molar-refractivity contribution in [1.82, 2.24) is 5.32 Å². The zero-order chi connectivity index (χ0) is 11.8. The van der Waals surface area contributed by atoms with Gasteiger partial charge in [0.15, 0.2) is 0 Å². The molecule has 92 valence electrons. The largest absolute Gasteiger partial charge is 0.463 e. The van der Waals surface area contributed by atoms with Gasteiger partial charge in [0.05, 0.1) is 6.61 Å². The topological polar surface area (TPSA) is 38.3 Å². The molecule has 0 heterocycles. The van der Waals surface area contributed by atoms with Crippen molar-refractivity contribution in [2.24, 2.45) is 5.92 Å². The molecule has 0 aromatic rings. The molecule has 0 aromatic carbocycles. The summed E-state index contributed by atoms with van der Waals surface area (Å²) in [5, 5.41) is 3.43. The van der Waals surface area contributed by atoms with Gasteiger partial charge in [-0.2, -0.15) is 0 Å². The maximum Gasteiger partial charge on any atom is 0.330 e. The van der Waals surface area contributed by atoms with E-state index in [0.29, 0.717) is 12.6 Å².